The van der Waals surface area contributed by atoms with Crippen LogP contribution in [-0.4, -0.2) is 56.7 Å². The van der Waals surface area contributed by atoms with Crippen molar-refractivity contribution in [2.24, 2.45) is 0 Å². The number of hydrogen-bond acceptors (Lipinski definition) is 3. The molecule has 0 saturated heterocycles. The number of nitrogens with one attached hydrogen (secondary N) is 1. The molecule has 0 aromatic rings. The van der Waals surface area contributed by atoms with Crippen molar-refractivity contribution in [1.82, 2.24) is 5.32 Å². The van der Waals surface area contributed by atoms with Gasteiger partial charge in [-0.2, -0.15) is 0 Å². The molecule has 0 aliphatic heterocycles. The van der Waals surface area contributed by atoms with Gasteiger partial charge in [-0.25, -0.2) is 0 Å². The summed E-state index contributed by atoms with van der Waals surface area (Å²) in [4.78, 5) is 26.1. The Hall–Kier alpha value is 0.346. The van der Waals surface area contributed by atoms with Gasteiger partial charge >= 0.3 is 36.6 Å². The van der Waals surface area contributed by atoms with E-state index in [1.807, 2.05) is 0 Å². The smallest absolute Gasteiger partial charge is 0.339 e. The molecule has 0 aromatic carbocycles. The summed E-state index contributed by atoms with van der Waals surface area (Å²) in [5.41, 5.74) is 0. The first kappa shape index (κ1) is 13.9. The molecular formula is C3H10MgNO5P. The standard InChI is InChI=1S/C3H8NO5P.Mg.2H/c5-3(6)1-4-2-10(7,8)9;;;/h4H,1-2H2,(H,5,6)(H2,7,8,9);;;. The molecule has 0 fully saturated rings. The topological polar surface area (TPSA) is 107 Å². The maximum atomic E-state index is 10.1. The van der Waals surface area contributed by atoms with Crippen molar-refractivity contribution < 1.29 is 24.3 Å². The van der Waals surface area contributed by atoms with E-state index in [4.69, 9.17) is 14.9 Å². The van der Waals surface area contributed by atoms with Gasteiger partial charge in [0.15, 0.2) is 0 Å². The monoisotopic (exact) mass is 195 g/mol. The van der Waals surface area contributed by atoms with Gasteiger partial charge in [-0.1, -0.05) is 0 Å². The summed E-state index contributed by atoms with van der Waals surface area (Å²) in [5, 5.41) is 10.1. The Kier molecular flexibility index (Phi) is 7.49. The lowest BCUT2D eigenvalue weighted by molar-refractivity contribution is -0.135. The molecule has 8 heteroatoms. The second-order valence-corrected chi connectivity index (χ2v) is 3.29. The maximum Gasteiger partial charge on any atom is 0.339 e. The van der Waals surface area contributed by atoms with Crippen LogP contribution in [0.5, 0.6) is 0 Å². The highest BCUT2D eigenvalue weighted by molar-refractivity contribution is 7.51. The third-order valence-electron chi connectivity index (χ3n) is 0.594. The first-order chi connectivity index (χ1) is 4.42. The minimum atomic E-state index is -4.10. The van der Waals surface area contributed by atoms with E-state index in [1.54, 1.807) is 0 Å². The first-order valence-corrected chi connectivity index (χ1v) is 4.18. The van der Waals surface area contributed by atoms with Crippen molar-refractivity contribution in [3.8, 4) is 0 Å². The normalized spacial score (nSPS) is 10.4. The van der Waals surface area contributed by atoms with Crippen LogP contribution in [0.25, 0.3) is 0 Å². The van der Waals surface area contributed by atoms with E-state index >= 15 is 0 Å². The van der Waals surface area contributed by atoms with Crippen LogP contribution < -0.4 is 5.32 Å². The van der Waals surface area contributed by atoms with Crippen molar-refractivity contribution in [2.45, 2.75) is 0 Å². The predicted molar refractivity (Wildman–Crippen MR) is 41.1 cm³/mol. The highest BCUT2D eigenvalue weighted by Crippen LogP contribution is 2.31. The summed E-state index contributed by atoms with van der Waals surface area (Å²) in [6.07, 6.45) is -0.598. The molecule has 4 N–H and O–H groups in total. The first-order valence-electron chi connectivity index (χ1n) is 2.39. The fraction of sp³-hybridized carbons (Fsp3) is 0.667. The van der Waals surface area contributed by atoms with E-state index in [0.29, 0.717) is 0 Å². The van der Waals surface area contributed by atoms with Gasteiger partial charge in [0.25, 0.3) is 0 Å². The van der Waals surface area contributed by atoms with E-state index < -0.39 is 26.4 Å². The predicted octanol–water partition coefficient (Wildman–Crippen LogP) is -2.12. The lowest BCUT2D eigenvalue weighted by atomic mass is 10.7. The van der Waals surface area contributed by atoms with E-state index in [1.165, 1.54) is 0 Å². The number of rotatable bonds is 4. The third-order valence-corrected chi connectivity index (χ3v) is 1.23. The van der Waals surface area contributed by atoms with Crippen molar-refractivity contribution in [1.29, 1.82) is 0 Å². The van der Waals surface area contributed by atoms with Crippen LogP contribution >= 0.6 is 7.60 Å². The second-order valence-electron chi connectivity index (χ2n) is 1.64. The maximum absolute atomic E-state index is 10.1. The molecule has 0 spiro atoms. The molecule has 0 saturated carbocycles. The SMILES string of the molecule is O=C(O)CNCP(=O)(O)O.[MgH2]. The molecule has 64 valence electrons. The highest BCUT2D eigenvalue weighted by Gasteiger charge is 2.11. The van der Waals surface area contributed by atoms with Gasteiger partial charge in [0, 0.05) is 0 Å². The van der Waals surface area contributed by atoms with Crippen molar-refractivity contribution >= 4 is 36.6 Å². The molecule has 11 heavy (non-hydrogen) atoms. The molecule has 0 radical (unpaired) electrons. The average molecular weight is 195 g/mol. The van der Waals surface area contributed by atoms with Crippen molar-refractivity contribution in [3.63, 3.8) is 0 Å². The number of carboxylic acid groups (broad SMARTS) is 1. The molecule has 6 nitrogen and oxygen atoms in total. The zero-order chi connectivity index (χ0) is 8.20. The second kappa shape index (κ2) is 5.93. The molecule has 0 rings (SSSR count). The quantitative estimate of drug-likeness (QED) is 0.302. The lowest BCUT2D eigenvalue weighted by Crippen LogP contribution is -2.23. The van der Waals surface area contributed by atoms with Crippen molar-refractivity contribution in [2.75, 3.05) is 12.8 Å². The van der Waals surface area contributed by atoms with E-state index in [-0.39, 0.29) is 23.1 Å². The summed E-state index contributed by atoms with van der Waals surface area (Å²) >= 11 is 0. The highest BCUT2D eigenvalue weighted by atomic mass is 31.2. The molecule has 0 atom stereocenters. The van der Waals surface area contributed by atoms with E-state index in [9.17, 15) is 9.36 Å². The largest absolute Gasteiger partial charge is 0.480 e. The van der Waals surface area contributed by atoms with Gasteiger partial charge in [0.05, 0.1) is 12.8 Å². The zero-order valence-electron chi connectivity index (χ0n) is 5.02. The molecular weight excluding hydrogens is 185 g/mol. The van der Waals surface area contributed by atoms with Crippen LogP contribution in [0.4, 0.5) is 0 Å². The summed E-state index contributed by atoms with van der Waals surface area (Å²) in [6, 6.07) is 0. The Balaban J connectivity index is 0. The molecule has 0 aliphatic carbocycles. The van der Waals surface area contributed by atoms with Gasteiger partial charge in [-0.05, 0) is 0 Å². The van der Waals surface area contributed by atoms with Gasteiger partial charge in [0.2, 0.25) is 0 Å². The fourth-order valence-electron chi connectivity index (χ4n) is 0.308. The van der Waals surface area contributed by atoms with Gasteiger partial charge in [-0.3, -0.25) is 14.7 Å². The number of carboxylic acids is 1. The van der Waals surface area contributed by atoms with Crippen LogP contribution in [0.3, 0.4) is 0 Å². The third kappa shape index (κ3) is 13.4. The van der Waals surface area contributed by atoms with Crippen LogP contribution in [0.1, 0.15) is 0 Å². The molecule has 0 aliphatic rings. The average Bonchev–Trinajstić information content (AvgIpc) is 1.59. The molecule has 0 amide bonds. The summed E-state index contributed by atoms with van der Waals surface area (Å²) in [6.45, 7) is -0.439. The molecule has 0 aromatic heterocycles. The lowest BCUT2D eigenvalue weighted by Gasteiger charge is -2.02. The molecule has 0 heterocycles. The van der Waals surface area contributed by atoms with Crippen molar-refractivity contribution in [3.05, 3.63) is 0 Å². The molecule has 0 bridgehead atoms. The summed E-state index contributed by atoms with van der Waals surface area (Å²) in [5.74, 6) is -1.14. The van der Waals surface area contributed by atoms with Gasteiger partial charge in [0.1, 0.15) is 0 Å². The Morgan fingerprint density at radius 1 is 1.45 bits per heavy atom. The van der Waals surface area contributed by atoms with Crippen LogP contribution in [0, 0.1) is 0 Å². The van der Waals surface area contributed by atoms with Crippen LogP contribution in [0.2, 0.25) is 0 Å². The molecule has 0 unspecified atom stereocenters. The van der Waals surface area contributed by atoms with E-state index in [0.717, 1.165) is 0 Å². The van der Waals surface area contributed by atoms with Gasteiger partial charge in [-0.15, -0.1) is 0 Å². The van der Waals surface area contributed by atoms with Gasteiger partial charge < -0.3 is 14.9 Å². The number of aliphatic carboxylic acids is 1. The zero-order valence-corrected chi connectivity index (χ0v) is 5.91. The minimum Gasteiger partial charge on any atom is -0.480 e. The minimum absolute atomic E-state index is 0. The Morgan fingerprint density at radius 3 is 2.18 bits per heavy atom. The fourth-order valence-corrected chi connectivity index (χ4v) is 0.712. The number of hydrogen-bond donors (Lipinski definition) is 4. The Morgan fingerprint density at radius 2 is 1.91 bits per heavy atom. The Bertz CT molecular complexity index is 167. The number of carbonyl (C=O) groups is 1. The van der Waals surface area contributed by atoms with E-state index in [2.05, 4.69) is 5.32 Å². The van der Waals surface area contributed by atoms with Crippen LogP contribution in [0.15, 0.2) is 0 Å². The summed E-state index contributed by atoms with van der Waals surface area (Å²) < 4.78 is 10.1. The summed E-state index contributed by atoms with van der Waals surface area (Å²) in [7, 11) is -4.10. The van der Waals surface area contributed by atoms with Crippen LogP contribution in [-0.2, 0) is 9.36 Å². The Labute approximate surface area is 79.3 Å².